The Morgan fingerprint density at radius 3 is 2.38 bits per heavy atom. The van der Waals surface area contributed by atoms with Gasteiger partial charge >= 0.3 is 5.97 Å². The van der Waals surface area contributed by atoms with Gasteiger partial charge in [-0.1, -0.05) is 12.1 Å². The van der Waals surface area contributed by atoms with Gasteiger partial charge in [0.1, 0.15) is 5.82 Å². The van der Waals surface area contributed by atoms with E-state index in [1.165, 1.54) is 12.1 Å². The lowest BCUT2D eigenvalue weighted by atomic mass is 9.94. The summed E-state index contributed by atoms with van der Waals surface area (Å²) in [5.74, 6) is -1.50. The molecule has 2 aliphatic rings. The molecule has 2 atom stereocenters. The van der Waals surface area contributed by atoms with Gasteiger partial charge < -0.3 is 10.4 Å². The number of hydrogen-bond donors (Lipinski definition) is 2. The van der Waals surface area contributed by atoms with E-state index in [2.05, 4.69) is 5.32 Å². The maximum absolute atomic E-state index is 13.0. The van der Waals surface area contributed by atoms with E-state index in [0.29, 0.717) is 19.3 Å². The number of carbonyl (C=O) groups excluding carboxylic acids is 1. The highest BCUT2D eigenvalue weighted by Gasteiger charge is 2.51. The van der Waals surface area contributed by atoms with Gasteiger partial charge in [-0.25, -0.2) is 4.39 Å². The van der Waals surface area contributed by atoms with E-state index in [-0.39, 0.29) is 23.7 Å². The summed E-state index contributed by atoms with van der Waals surface area (Å²) in [4.78, 5) is 23.4. The van der Waals surface area contributed by atoms with Crippen LogP contribution in [0.1, 0.15) is 37.7 Å². The fourth-order valence-corrected chi connectivity index (χ4v) is 3.20. The van der Waals surface area contributed by atoms with Crippen molar-refractivity contribution in [3.05, 3.63) is 35.6 Å². The summed E-state index contributed by atoms with van der Waals surface area (Å²) in [5, 5.41) is 12.0. The van der Waals surface area contributed by atoms with E-state index >= 15 is 0 Å². The van der Waals surface area contributed by atoms with E-state index in [4.69, 9.17) is 5.11 Å². The average Bonchev–Trinajstić information content (AvgIpc) is 3.13. The van der Waals surface area contributed by atoms with Crippen molar-refractivity contribution < 1.29 is 19.1 Å². The molecule has 0 saturated heterocycles. The molecular formula is C16H18FNO3. The number of carbonyl (C=O) groups is 2. The highest BCUT2D eigenvalue weighted by Crippen LogP contribution is 2.48. The standard InChI is InChI=1S/C16H18FNO3/c17-12-4-2-11(3-5-12)16(7-8-16)15(21)18-13-6-1-10(9-13)14(19)20/h2-5,10,13H,1,6-9H2,(H,18,21)(H,19,20)/t10-,13+/m1/s1. The first kappa shape index (κ1) is 14.0. The summed E-state index contributed by atoms with van der Waals surface area (Å²) < 4.78 is 13.0. The Bertz CT molecular complexity index is 565. The van der Waals surface area contributed by atoms with Crippen molar-refractivity contribution in [2.24, 2.45) is 5.92 Å². The predicted octanol–water partition coefficient (Wildman–Crippen LogP) is 2.23. The van der Waals surface area contributed by atoms with Gasteiger partial charge in [0.15, 0.2) is 0 Å². The summed E-state index contributed by atoms with van der Waals surface area (Å²) in [6.45, 7) is 0. The Balaban J connectivity index is 1.66. The molecule has 0 bridgehead atoms. The number of benzene rings is 1. The second-order valence-electron chi connectivity index (χ2n) is 6.11. The van der Waals surface area contributed by atoms with E-state index < -0.39 is 11.4 Å². The Morgan fingerprint density at radius 2 is 1.86 bits per heavy atom. The number of aliphatic carboxylic acids is 1. The molecule has 4 nitrogen and oxygen atoms in total. The minimum absolute atomic E-state index is 0.0508. The fourth-order valence-electron chi connectivity index (χ4n) is 3.20. The van der Waals surface area contributed by atoms with Gasteiger partial charge in [0.25, 0.3) is 0 Å². The van der Waals surface area contributed by atoms with Crippen LogP contribution in [-0.2, 0) is 15.0 Å². The van der Waals surface area contributed by atoms with Crippen LogP contribution >= 0.6 is 0 Å². The quantitative estimate of drug-likeness (QED) is 0.894. The van der Waals surface area contributed by atoms with E-state index in [1.54, 1.807) is 12.1 Å². The monoisotopic (exact) mass is 291 g/mol. The minimum atomic E-state index is -0.786. The molecule has 0 radical (unpaired) electrons. The molecular weight excluding hydrogens is 273 g/mol. The molecule has 2 fully saturated rings. The normalized spacial score (nSPS) is 26.3. The Labute approximate surface area is 122 Å². The van der Waals surface area contributed by atoms with Crippen molar-refractivity contribution in [2.75, 3.05) is 0 Å². The molecule has 112 valence electrons. The zero-order valence-corrected chi connectivity index (χ0v) is 11.6. The highest BCUT2D eigenvalue weighted by molar-refractivity contribution is 5.91. The Morgan fingerprint density at radius 1 is 1.19 bits per heavy atom. The molecule has 1 aromatic rings. The Hall–Kier alpha value is -1.91. The largest absolute Gasteiger partial charge is 0.481 e. The fraction of sp³-hybridized carbons (Fsp3) is 0.500. The lowest BCUT2D eigenvalue weighted by Crippen LogP contribution is -2.40. The van der Waals surface area contributed by atoms with Crippen molar-refractivity contribution in [3.63, 3.8) is 0 Å². The second-order valence-corrected chi connectivity index (χ2v) is 6.11. The van der Waals surface area contributed by atoms with E-state index in [9.17, 15) is 14.0 Å². The van der Waals surface area contributed by atoms with Crippen LogP contribution in [0, 0.1) is 11.7 Å². The van der Waals surface area contributed by atoms with Crippen LogP contribution in [0.15, 0.2) is 24.3 Å². The number of halogens is 1. The van der Waals surface area contributed by atoms with Gasteiger partial charge in [-0.3, -0.25) is 9.59 Å². The first-order valence-corrected chi connectivity index (χ1v) is 7.31. The number of amides is 1. The molecule has 5 heteroatoms. The summed E-state index contributed by atoms with van der Waals surface area (Å²) in [6.07, 6.45) is 3.35. The Kier molecular flexibility index (Phi) is 3.43. The van der Waals surface area contributed by atoms with Crippen LogP contribution in [0.4, 0.5) is 4.39 Å². The van der Waals surface area contributed by atoms with Crippen LogP contribution in [-0.4, -0.2) is 23.0 Å². The molecule has 1 amide bonds. The van der Waals surface area contributed by atoms with Gasteiger partial charge in [0.05, 0.1) is 11.3 Å². The molecule has 0 aliphatic heterocycles. The van der Waals surface area contributed by atoms with Crippen LogP contribution in [0.3, 0.4) is 0 Å². The maximum Gasteiger partial charge on any atom is 0.306 e. The zero-order valence-electron chi connectivity index (χ0n) is 11.6. The highest BCUT2D eigenvalue weighted by atomic mass is 19.1. The lowest BCUT2D eigenvalue weighted by Gasteiger charge is -2.19. The van der Waals surface area contributed by atoms with Crippen LogP contribution in [0.5, 0.6) is 0 Å². The lowest BCUT2D eigenvalue weighted by molar-refractivity contribution is -0.141. The minimum Gasteiger partial charge on any atom is -0.481 e. The van der Waals surface area contributed by atoms with Gasteiger partial charge in [-0.2, -0.15) is 0 Å². The van der Waals surface area contributed by atoms with Gasteiger partial charge in [-0.05, 0) is 49.8 Å². The van der Waals surface area contributed by atoms with Crippen LogP contribution in [0.25, 0.3) is 0 Å². The van der Waals surface area contributed by atoms with E-state index in [0.717, 1.165) is 18.4 Å². The molecule has 21 heavy (non-hydrogen) atoms. The summed E-state index contributed by atoms with van der Waals surface area (Å²) >= 11 is 0. The number of carboxylic acids is 1. The van der Waals surface area contributed by atoms with Crippen LogP contribution < -0.4 is 5.32 Å². The maximum atomic E-state index is 13.0. The van der Waals surface area contributed by atoms with Gasteiger partial charge in [-0.15, -0.1) is 0 Å². The SMILES string of the molecule is O=C(O)[C@@H]1CC[C@H](NC(=O)C2(c3ccc(F)cc3)CC2)C1. The number of carboxylic acid groups (broad SMARTS) is 1. The first-order chi connectivity index (χ1) is 10.0. The molecule has 0 unspecified atom stereocenters. The smallest absolute Gasteiger partial charge is 0.306 e. The van der Waals surface area contributed by atoms with Gasteiger partial charge in [0.2, 0.25) is 5.91 Å². The molecule has 1 aromatic carbocycles. The predicted molar refractivity (Wildman–Crippen MR) is 74.2 cm³/mol. The van der Waals surface area contributed by atoms with Crippen molar-refractivity contribution in [2.45, 2.75) is 43.6 Å². The third-order valence-electron chi connectivity index (χ3n) is 4.70. The van der Waals surface area contributed by atoms with Crippen molar-refractivity contribution >= 4 is 11.9 Å². The summed E-state index contributed by atoms with van der Waals surface area (Å²) in [7, 11) is 0. The number of hydrogen-bond acceptors (Lipinski definition) is 2. The molecule has 0 heterocycles. The topological polar surface area (TPSA) is 66.4 Å². The first-order valence-electron chi connectivity index (χ1n) is 7.31. The molecule has 2 aliphatic carbocycles. The van der Waals surface area contributed by atoms with Crippen molar-refractivity contribution in [3.8, 4) is 0 Å². The van der Waals surface area contributed by atoms with Gasteiger partial charge in [0, 0.05) is 6.04 Å². The third kappa shape index (κ3) is 2.64. The second kappa shape index (κ2) is 5.13. The molecule has 2 N–H and O–H groups in total. The van der Waals surface area contributed by atoms with E-state index in [1.807, 2.05) is 0 Å². The number of rotatable bonds is 4. The molecule has 0 aromatic heterocycles. The van der Waals surface area contributed by atoms with Crippen molar-refractivity contribution in [1.29, 1.82) is 0 Å². The summed E-state index contributed by atoms with van der Waals surface area (Å²) in [5.41, 5.74) is 0.309. The molecule has 2 saturated carbocycles. The zero-order chi connectivity index (χ0) is 15.0. The van der Waals surface area contributed by atoms with Crippen LogP contribution in [0.2, 0.25) is 0 Å². The number of nitrogens with one attached hydrogen (secondary N) is 1. The van der Waals surface area contributed by atoms with Crippen molar-refractivity contribution in [1.82, 2.24) is 5.32 Å². The molecule has 3 rings (SSSR count). The third-order valence-corrected chi connectivity index (χ3v) is 4.70. The molecule has 0 spiro atoms. The average molecular weight is 291 g/mol. The summed E-state index contributed by atoms with van der Waals surface area (Å²) in [6, 6.07) is 6.02.